The Morgan fingerprint density at radius 1 is 1.33 bits per heavy atom. The van der Waals surface area contributed by atoms with Crippen molar-refractivity contribution in [1.29, 1.82) is 0 Å². The Bertz CT molecular complexity index is 571. The van der Waals surface area contributed by atoms with Crippen LogP contribution in [0.5, 0.6) is 0 Å². The van der Waals surface area contributed by atoms with E-state index in [-0.39, 0.29) is 0 Å². The Morgan fingerprint density at radius 2 is 2.11 bits per heavy atom. The van der Waals surface area contributed by atoms with E-state index < -0.39 is 5.82 Å². The van der Waals surface area contributed by atoms with Gasteiger partial charge >= 0.3 is 0 Å². The van der Waals surface area contributed by atoms with E-state index in [9.17, 15) is 9.18 Å². The summed E-state index contributed by atoms with van der Waals surface area (Å²) in [5.74, 6) is -0.431. The van der Waals surface area contributed by atoms with E-state index in [0.29, 0.717) is 21.1 Å². The van der Waals surface area contributed by atoms with Crippen LogP contribution < -0.4 is 4.90 Å². The Kier molecular flexibility index (Phi) is 3.93. The molecule has 4 nitrogen and oxygen atoms in total. The second-order valence-electron chi connectivity index (χ2n) is 3.69. The van der Waals surface area contributed by atoms with Crippen LogP contribution in [0.15, 0.2) is 27.4 Å². The summed E-state index contributed by atoms with van der Waals surface area (Å²) < 4.78 is 13.9. The number of hydrogen-bond donors (Lipinski definition) is 0. The molecule has 1 aromatic heterocycles. The zero-order valence-corrected chi connectivity index (χ0v) is 11.4. The number of benzene rings is 1. The average molecular weight is 283 g/mol. The van der Waals surface area contributed by atoms with E-state index >= 15 is 0 Å². The summed E-state index contributed by atoms with van der Waals surface area (Å²) in [6, 6.07) is 4.19. The predicted octanol–water partition coefficient (Wildman–Crippen LogP) is 2.71. The van der Waals surface area contributed by atoms with Gasteiger partial charge < -0.3 is 4.90 Å². The largest absolute Gasteiger partial charge is 0.353 e. The molecular weight excluding hydrogens is 273 g/mol. The van der Waals surface area contributed by atoms with Crippen LogP contribution in [0.1, 0.15) is 10.4 Å². The molecule has 0 radical (unpaired) electrons. The minimum Gasteiger partial charge on any atom is -0.353 e. The van der Waals surface area contributed by atoms with E-state index in [0.717, 1.165) is 5.13 Å². The second-order valence-corrected chi connectivity index (χ2v) is 5.96. The van der Waals surface area contributed by atoms with Crippen molar-refractivity contribution in [2.45, 2.75) is 9.24 Å². The van der Waals surface area contributed by atoms with Crippen molar-refractivity contribution in [2.75, 3.05) is 19.0 Å². The fourth-order valence-corrected chi connectivity index (χ4v) is 3.07. The van der Waals surface area contributed by atoms with Gasteiger partial charge in [-0.25, -0.2) is 4.39 Å². The number of aromatic nitrogens is 2. The quantitative estimate of drug-likeness (QED) is 0.807. The molecule has 0 bridgehead atoms. The van der Waals surface area contributed by atoms with E-state index in [4.69, 9.17) is 0 Å². The monoisotopic (exact) mass is 283 g/mol. The van der Waals surface area contributed by atoms with Crippen LogP contribution >= 0.6 is 23.1 Å². The Balaban J connectivity index is 2.22. The molecule has 1 aromatic carbocycles. The maximum absolute atomic E-state index is 13.2. The molecule has 0 atom stereocenters. The number of rotatable bonds is 4. The van der Waals surface area contributed by atoms with E-state index in [1.807, 2.05) is 19.0 Å². The topological polar surface area (TPSA) is 46.1 Å². The molecule has 0 spiro atoms. The number of halogens is 1. The van der Waals surface area contributed by atoms with Crippen molar-refractivity contribution < 1.29 is 9.18 Å². The molecule has 0 N–H and O–H groups in total. The van der Waals surface area contributed by atoms with Crippen LogP contribution in [-0.4, -0.2) is 30.6 Å². The van der Waals surface area contributed by atoms with Gasteiger partial charge in [0, 0.05) is 24.6 Å². The summed E-state index contributed by atoms with van der Waals surface area (Å²) >= 11 is 2.70. The van der Waals surface area contributed by atoms with Crippen molar-refractivity contribution in [2.24, 2.45) is 0 Å². The van der Waals surface area contributed by atoms with Gasteiger partial charge in [0.05, 0.1) is 0 Å². The number of carbonyl (C=O) groups is 1. The summed E-state index contributed by atoms with van der Waals surface area (Å²) in [6.07, 6.45) is 0.624. The van der Waals surface area contributed by atoms with Crippen LogP contribution in [0.3, 0.4) is 0 Å². The fourth-order valence-electron chi connectivity index (χ4n) is 1.24. The minimum absolute atomic E-state index is 0.315. The maximum atomic E-state index is 13.2. The van der Waals surface area contributed by atoms with Crippen molar-refractivity contribution in [3.05, 3.63) is 29.6 Å². The van der Waals surface area contributed by atoms with E-state index in [1.165, 1.54) is 35.2 Å². The molecule has 0 aliphatic carbocycles. The third-order valence-corrected chi connectivity index (χ3v) is 4.13. The number of nitrogens with zero attached hydrogens (tertiary/aromatic N) is 3. The highest BCUT2D eigenvalue weighted by Gasteiger charge is 2.09. The molecule has 7 heteroatoms. The zero-order chi connectivity index (χ0) is 13.1. The first-order valence-electron chi connectivity index (χ1n) is 5.03. The van der Waals surface area contributed by atoms with Gasteiger partial charge in [-0.1, -0.05) is 23.1 Å². The molecule has 0 unspecified atom stereocenters. The highest BCUT2D eigenvalue weighted by Crippen LogP contribution is 2.33. The van der Waals surface area contributed by atoms with Gasteiger partial charge in [0.15, 0.2) is 4.34 Å². The first-order valence-corrected chi connectivity index (χ1v) is 6.66. The minimum atomic E-state index is -0.431. The SMILES string of the molecule is CN(C)c1nnc(Sc2cc(F)cc(C=O)c2)s1. The van der Waals surface area contributed by atoms with Crippen LogP contribution in [0.4, 0.5) is 9.52 Å². The lowest BCUT2D eigenvalue weighted by Gasteiger charge is -2.03. The molecule has 0 saturated carbocycles. The highest BCUT2D eigenvalue weighted by atomic mass is 32.2. The molecular formula is C11H10FN3OS2. The van der Waals surface area contributed by atoms with Crippen LogP contribution in [0, 0.1) is 5.82 Å². The Hall–Kier alpha value is -1.47. The Labute approximate surface area is 112 Å². The fraction of sp³-hybridized carbons (Fsp3) is 0.182. The van der Waals surface area contributed by atoms with Gasteiger partial charge in [-0.15, -0.1) is 10.2 Å². The lowest BCUT2D eigenvalue weighted by molar-refractivity contribution is 0.112. The van der Waals surface area contributed by atoms with Gasteiger partial charge in [-0.3, -0.25) is 4.79 Å². The van der Waals surface area contributed by atoms with Crippen LogP contribution in [0.25, 0.3) is 0 Å². The van der Waals surface area contributed by atoms with E-state index in [2.05, 4.69) is 10.2 Å². The van der Waals surface area contributed by atoms with Crippen LogP contribution in [-0.2, 0) is 0 Å². The molecule has 2 rings (SSSR count). The lowest BCUT2D eigenvalue weighted by atomic mass is 10.2. The molecule has 1 heterocycles. The summed E-state index contributed by atoms with van der Waals surface area (Å²) in [6.45, 7) is 0. The predicted molar refractivity (Wildman–Crippen MR) is 70.1 cm³/mol. The highest BCUT2D eigenvalue weighted by molar-refractivity contribution is 8.01. The van der Waals surface area contributed by atoms with Gasteiger partial charge in [0.2, 0.25) is 5.13 Å². The summed E-state index contributed by atoms with van der Waals surface area (Å²) in [5, 5.41) is 8.77. The molecule has 2 aromatic rings. The van der Waals surface area contributed by atoms with Gasteiger partial charge in [0.1, 0.15) is 12.1 Å². The third-order valence-electron chi connectivity index (χ3n) is 2.01. The standard InChI is InChI=1S/C11H10FN3OS2/c1-15(2)10-13-14-11(18-10)17-9-4-7(6-16)3-8(12)5-9/h3-6H,1-2H3. The number of aldehydes is 1. The molecule has 0 amide bonds. The van der Waals surface area contributed by atoms with E-state index in [1.54, 1.807) is 6.07 Å². The van der Waals surface area contributed by atoms with Crippen molar-refractivity contribution in [3.63, 3.8) is 0 Å². The molecule has 0 aliphatic rings. The smallest absolute Gasteiger partial charge is 0.208 e. The third kappa shape index (κ3) is 3.05. The first-order chi connectivity index (χ1) is 8.58. The van der Waals surface area contributed by atoms with Crippen LogP contribution in [0.2, 0.25) is 0 Å². The Morgan fingerprint density at radius 3 is 2.72 bits per heavy atom. The normalized spacial score (nSPS) is 10.4. The lowest BCUT2D eigenvalue weighted by Crippen LogP contribution is -2.07. The van der Waals surface area contributed by atoms with Crippen molar-refractivity contribution >= 4 is 34.5 Å². The average Bonchev–Trinajstić information content (AvgIpc) is 2.76. The second kappa shape index (κ2) is 5.45. The molecule has 94 valence electrons. The number of carbonyl (C=O) groups excluding carboxylic acids is 1. The maximum Gasteiger partial charge on any atom is 0.208 e. The summed E-state index contributed by atoms with van der Waals surface area (Å²) in [5.41, 5.74) is 0.315. The molecule has 0 fully saturated rings. The number of anilines is 1. The van der Waals surface area contributed by atoms with Gasteiger partial charge in [-0.05, 0) is 18.2 Å². The summed E-state index contributed by atoms with van der Waals surface area (Å²) in [7, 11) is 3.75. The van der Waals surface area contributed by atoms with Gasteiger partial charge in [-0.2, -0.15) is 0 Å². The molecule has 18 heavy (non-hydrogen) atoms. The number of hydrogen-bond acceptors (Lipinski definition) is 6. The van der Waals surface area contributed by atoms with Gasteiger partial charge in [0.25, 0.3) is 0 Å². The first kappa shape index (κ1) is 13.0. The van der Waals surface area contributed by atoms with Crippen molar-refractivity contribution in [1.82, 2.24) is 10.2 Å². The zero-order valence-electron chi connectivity index (χ0n) is 9.75. The molecule has 0 aliphatic heterocycles. The molecule has 0 saturated heterocycles. The van der Waals surface area contributed by atoms with Crippen molar-refractivity contribution in [3.8, 4) is 0 Å². The summed E-state index contributed by atoms with van der Waals surface area (Å²) in [4.78, 5) is 13.1.